The molecular weight excluding hydrogens is 149 g/mol. The Morgan fingerprint density at radius 3 is 2.73 bits per heavy atom. The van der Waals surface area contributed by atoms with E-state index in [-0.39, 0.29) is 6.42 Å². The molecule has 64 valence electrons. The Bertz CT molecular complexity index is 172. The molecule has 0 unspecified atom stereocenters. The summed E-state index contributed by atoms with van der Waals surface area (Å²) in [6.07, 6.45) is -0.214. The minimum atomic E-state index is -0.953. The van der Waals surface area contributed by atoms with Crippen LogP contribution in [-0.4, -0.2) is 35.1 Å². The van der Waals surface area contributed by atoms with E-state index in [9.17, 15) is 4.39 Å². The van der Waals surface area contributed by atoms with Gasteiger partial charge in [-0.1, -0.05) is 6.08 Å². The van der Waals surface area contributed by atoms with Crippen LogP contribution in [0.5, 0.6) is 0 Å². The van der Waals surface area contributed by atoms with Crippen molar-refractivity contribution in [1.82, 2.24) is 0 Å². The maximum Gasteiger partial charge on any atom is 0.111 e. The molecule has 0 radical (unpaired) electrons. The highest BCUT2D eigenvalue weighted by Gasteiger charge is 2.27. The highest BCUT2D eigenvalue weighted by molar-refractivity contribution is 5.15. The second-order valence-electron chi connectivity index (χ2n) is 2.80. The molecule has 0 heterocycles. The van der Waals surface area contributed by atoms with Gasteiger partial charge >= 0.3 is 0 Å². The van der Waals surface area contributed by atoms with Crippen LogP contribution < -0.4 is 5.73 Å². The first-order valence-electron chi connectivity index (χ1n) is 3.52. The van der Waals surface area contributed by atoms with Gasteiger partial charge in [0, 0.05) is 0 Å². The maximum absolute atomic E-state index is 12.0. The molecule has 0 fully saturated rings. The zero-order valence-corrected chi connectivity index (χ0v) is 6.07. The lowest BCUT2D eigenvalue weighted by molar-refractivity contribution is 0.00636. The van der Waals surface area contributed by atoms with Gasteiger partial charge in [-0.05, 0) is 12.0 Å². The summed E-state index contributed by atoms with van der Waals surface area (Å²) in [5, 5.41) is 18.2. The number of aliphatic hydroxyl groups excluding tert-OH is 2. The fraction of sp³-hybridized carbons (Fsp3) is 0.714. The van der Waals surface area contributed by atoms with Crippen LogP contribution in [0.1, 0.15) is 6.42 Å². The highest BCUT2D eigenvalue weighted by Crippen LogP contribution is 2.18. The summed E-state index contributed by atoms with van der Waals surface area (Å²) in [4.78, 5) is 0. The van der Waals surface area contributed by atoms with Crippen molar-refractivity contribution in [1.29, 1.82) is 0 Å². The van der Waals surface area contributed by atoms with Crippen LogP contribution >= 0.6 is 0 Å². The molecule has 0 saturated carbocycles. The molecule has 11 heavy (non-hydrogen) atoms. The minimum Gasteiger partial charge on any atom is -0.390 e. The van der Waals surface area contributed by atoms with Crippen LogP contribution in [0.15, 0.2) is 11.6 Å². The largest absolute Gasteiger partial charge is 0.390 e. The number of aliphatic hydroxyl groups is 2. The van der Waals surface area contributed by atoms with Crippen molar-refractivity contribution in [2.75, 3.05) is 6.67 Å². The Kier molecular flexibility index (Phi) is 2.59. The molecule has 0 amide bonds. The van der Waals surface area contributed by atoms with E-state index < -0.39 is 24.9 Å². The van der Waals surface area contributed by atoms with Crippen molar-refractivity contribution in [3.05, 3.63) is 11.6 Å². The monoisotopic (exact) mass is 161 g/mol. The van der Waals surface area contributed by atoms with Crippen LogP contribution in [0.2, 0.25) is 0 Å². The van der Waals surface area contributed by atoms with E-state index in [1.165, 1.54) is 6.08 Å². The fourth-order valence-corrected chi connectivity index (χ4v) is 1.18. The Morgan fingerprint density at radius 2 is 2.27 bits per heavy atom. The van der Waals surface area contributed by atoms with Crippen LogP contribution in [0.4, 0.5) is 4.39 Å². The molecule has 0 aromatic carbocycles. The molecule has 0 aromatic heterocycles. The van der Waals surface area contributed by atoms with Crippen LogP contribution in [0, 0.1) is 0 Å². The molecule has 0 aliphatic heterocycles. The predicted octanol–water partition coefficient (Wildman–Crippen LogP) is -0.665. The van der Waals surface area contributed by atoms with Gasteiger partial charge in [0.25, 0.3) is 0 Å². The number of hydrogen-bond donors (Lipinski definition) is 3. The number of alkyl halides is 1. The summed E-state index contributed by atoms with van der Waals surface area (Å²) in [6, 6.07) is -0.635. The molecule has 1 aliphatic rings. The number of hydrogen-bond acceptors (Lipinski definition) is 3. The first-order valence-corrected chi connectivity index (χ1v) is 3.52. The Hall–Kier alpha value is -0.450. The second kappa shape index (κ2) is 3.30. The molecule has 3 atom stereocenters. The molecule has 4 N–H and O–H groups in total. The molecule has 0 bridgehead atoms. The third-order valence-corrected chi connectivity index (χ3v) is 1.86. The van der Waals surface area contributed by atoms with E-state index in [0.29, 0.717) is 5.57 Å². The summed E-state index contributed by atoms with van der Waals surface area (Å²) in [5.41, 5.74) is 5.85. The third-order valence-electron chi connectivity index (χ3n) is 1.86. The van der Waals surface area contributed by atoms with Gasteiger partial charge in [-0.15, -0.1) is 0 Å². The lowest BCUT2D eigenvalue weighted by Gasteiger charge is -2.27. The summed E-state index contributed by atoms with van der Waals surface area (Å²) >= 11 is 0. The van der Waals surface area contributed by atoms with Gasteiger partial charge in [0.2, 0.25) is 0 Å². The van der Waals surface area contributed by atoms with Gasteiger partial charge in [-0.2, -0.15) is 0 Å². The third kappa shape index (κ3) is 1.77. The topological polar surface area (TPSA) is 66.5 Å². The van der Waals surface area contributed by atoms with E-state index in [1.807, 2.05) is 0 Å². The normalized spacial score (nSPS) is 38.5. The average molecular weight is 161 g/mol. The van der Waals surface area contributed by atoms with Crippen molar-refractivity contribution in [2.45, 2.75) is 24.7 Å². The molecule has 1 aliphatic carbocycles. The van der Waals surface area contributed by atoms with E-state index in [4.69, 9.17) is 15.9 Å². The summed E-state index contributed by atoms with van der Waals surface area (Å²) in [7, 11) is 0. The standard InChI is InChI=1S/C7H12FNO2/c8-3-4-1-5(9)7(11)6(10)2-4/h1,5-7,10-11H,2-3,9H2/t5-,6-,7-/m0/s1. The fourth-order valence-electron chi connectivity index (χ4n) is 1.18. The number of nitrogens with two attached hydrogens (primary N) is 1. The van der Waals surface area contributed by atoms with E-state index in [1.54, 1.807) is 0 Å². The van der Waals surface area contributed by atoms with E-state index in [0.717, 1.165) is 0 Å². The smallest absolute Gasteiger partial charge is 0.111 e. The van der Waals surface area contributed by atoms with Crippen LogP contribution in [0.3, 0.4) is 0 Å². The maximum atomic E-state index is 12.0. The molecule has 1 rings (SSSR count). The molecular formula is C7H12FNO2. The van der Waals surface area contributed by atoms with Crippen molar-refractivity contribution < 1.29 is 14.6 Å². The van der Waals surface area contributed by atoms with Crippen LogP contribution in [-0.2, 0) is 0 Å². The van der Waals surface area contributed by atoms with Crippen molar-refractivity contribution in [2.24, 2.45) is 5.73 Å². The SMILES string of the molecule is N[C@H]1C=C(CF)C[C@H](O)[C@H]1O. The zero-order valence-electron chi connectivity index (χ0n) is 6.07. The highest BCUT2D eigenvalue weighted by atomic mass is 19.1. The van der Waals surface area contributed by atoms with Crippen molar-refractivity contribution >= 4 is 0 Å². The van der Waals surface area contributed by atoms with E-state index in [2.05, 4.69) is 0 Å². The predicted molar refractivity (Wildman–Crippen MR) is 38.7 cm³/mol. The first-order chi connectivity index (χ1) is 5.15. The zero-order chi connectivity index (χ0) is 8.43. The lowest BCUT2D eigenvalue weighted by Crippen LogP contribution is -2.45. The molecule has 0 aromatic rings. The van der Waals surface area contributed by atoms with Gasteiger partial charge in [0.1, 0.15) is 6.67 Å². The van der Waals surface area contributed by atoms with Crippen molar-refractivity contribution in [3.63, 3.8) is 0 Å². The number of halogens is 1. The van der Waals surface area contributed by atoms with Gasteiger partial charge in [-0.25, -0.2) is 4.39 Å². The summed E-state index contributed by atoms with van der Waals surface area (Å²) in [5.74, 6) is 0. The Labute approximate surface area is 64.3 Å². The minimum absolute atomic E-state index is 0.186. The second-order valence-corrected chi connectivity index (χ2v) is 2.80. The summed E-state index contributed by atoms with van der Waals surface area (Å²) in [6.45, 7) is -0.600. The average Bonchev–Trinajstić information content (AvgIpc) is 1.99. The Morgan fingerprint density at radius 1 is 1.64 bits per heavy atom. The van der Waals surface area contributed by atoms with Crippen molar-refractivity contribution in [3.8, 4) is 0 Å². The van der Waals surface area contributed by atoms with Gasteiger partial charge in [0.15, 0.2) is 0 Å². The van der Waals surface area contributed by atoms with E-state index >= 15 is 0 Å². The quantitative estimate of drug-likeness (QED) is 0.447. The molecule has 0 saturated heterocycles. The van der Waals surface area contributed by atoms with Gasteiger partial charge in [-0.3, -0.25) is 0 Å². The van der Waals surface area contributed by atoms with Crippen LogP contribution in [0.25, 0.3) is 0 Å². The van der Waals surface area contributed by atoms with Gasteiger partial charge < -0.3 is 15.9 Å². The first kappa shape index (κ1) is 8.64. The molecule has 3 nitrogen and oxygen atoms in total. The van der Waals surface area contributed by atoms with Gasteiger partial charge in [0.05, 0.1) is 18.2 Å². The molecule has 0 spiro atoms. The summed E-state index contributed by atoms with van der Waals surface area (Å²) < 4.78 is 12.0. The Balaban J connectivity index is 2.68. The lowest BCUT2D eigenvalue weighted by atomic mass is 9.92. The number of rotatable bonds is 1. The molecule has 4 heteroatoms.